The summed E-state index contributed by atoms with van der Waals surface area (Å²) in [5, 5.41) is 9.29. The van der Waals surface area contributed by atoms with Gasteiger partial charge >= 0.3 is 0 Å². The molecule has 1 aliphatic rings. The molecule has 0 heterocycles. The number of rotatable bonds is 4. The fraction of sp³-hybridized carbons (Fsp3) is 1.00. The van der Waals surface area contributed by atoms with Gasteiger partial charge in [0.1, 0.15) is 0 Å². The number of aliphatic hydroxyl groups is 1. The van der Waals surface area contributed by atoms with Crippen molar-refractivity contribution in [2.75, 3.05) is 13.7 Å². The zero-order valence-electron chi connectivity index (χ0n) is 8.84. The third-order valence-corrected chi connectivity index (χ3v) is 3.12. The van der Waals surface area contributed by atoms with Crippen molar-refractivity contribution in [2.24, 2.45) is 11.1 Å². The zero-order valence-corrected chi connectivity index (χ0v) is 8.84. The quantitative estimate of drug-likeness (QED) is 0.687. The number of methoxy groups -OCH3 is 1. The predicted octanol–water partition coefficient (Wildman–Crippen LogP) is 0.901. The Morgan fingerprint density at radius 2 is 2.08 bits per heavy atom. The van der Waals surface area contributed by atoms with E-state index in [9.17, 15) is 5.11 Å². The van der Waals surface area contributed by atoms with Gasteiger partial charge < -0.3 is 15.6 Å². The summed E-state index contributed by atoms with van der Waals surface area (Å²) >= 11 is 0. The van der Waals surface area contributed by atoms with Crippen molar-refractivity contribution in [3.8, 4) is 0 Å². The molecule has 1 aliphatic carbocycles. The lowest BCUT2D eigenvalue weighted by atomic mass is 9.62. The van der Waals surface area contributed by atoms with Crippen molar-refractivity contribution in [3.63, 3.8) is 0 Å². The van der Waals surface area contributed by atoms with Crippen LogP contribution in [0.2, 0.25) is 0 Å². The molecule has 0 aromatic heterocycles. The summed E-state index contributed by atoms with van der Waals surface area (Å²) in [7, 11) is 1.72. The van der Waals surface area contributed by atoms with Crippen LogP contribution in [0, 0.1) is 5.41 Å². The maximum Gasteiger partial charge on any atom is 0.0628 e. The molecule has 78 valence electrons. The van der Waals surface area contributed by atoms with Crippen molar-refractivity contribution in [1.82, 2.24) is 0 Å². The molecular formula is C10H21NO2. The van der Waals surface area contributed by atoms with Gasteiger partial charge in [-0.15, -0.1) is 0 Å². The molecule has 0 amide bonds. The lowest BCUT2D eigenvalue weighted by Gasteiger charge is -2.48. The van der Waals surface area contributed by atoms with Crippen LogP contribution in [0.5, 0.6) is 0 Å². The van der Waals surface area contributed by atoms with E-state index >= 15 is 0 Å². The van der Waals surface area contributed by atoms with Crippen molar-refractivity contribution >= 4 is 0 Å². The third kappa shape index (κ3) is 2.42. The Hall–Kier alpha value is -0.120. The van der Waals surface area contributed by atoms with Crippen molar-refractivity contribution in [1.29, 1.82) is 0 Å². The van der Waals surface area contributed by atoms with Gasteiger partial charge in [0, 0.05) is 7.11 Å². The average Bonchev–Trinajstić information content (AvgIpc) is 2.01. The van der Waals surface area contributed by atoms with Gasteiger partial charge in [0.05, 0.1) is 11.7 Å². The fourth-order valence-electron chi connectivity index (χ4n) is 2.30. The van der Waals surface area contributed by atoms with E-state index < -0.39 is 0 Å². The SMILES string of the molecule is COC(C)(C)CC1(CN)CC(O)C1. The van der Waals surface area contributed by atoms with E-state index in [1.807, 2.05) is 0 Å². The number of aliphatic hydroxyl groups excluding tert-OH is 1. The molecule has 1 saturated carbocycles. The van der Waals surface area contributed by atoms with Gasteiger partial charge in [-0.1, -0.05) is 0 Å². The van der Waals surface area contributed by atoms with Gasteiger partial charge in [0.15, 0.2) is 0 Å². The maximum absolute atomic E-state index is 9.29. The van der Waals surface area contributed by atoms with Crippen LogP contribution in [-0.2, 0) is 4.74 Å². The Morgan fingerprint density at radius 1 is 1.54 bits per heavy atom. The number of hydrogen-bond donors (Lipinski definition) is 2. The number of hydrogen-bond acceptors (Lipinski definition) is 3. The van der Waals surface area contributed by atoms with Crippen LogP contribution in [0.15, 0.2) is 0 Å². The minimum absolute atomic E-state index is 0.124. The molecule has 13 heavy (non-hydrogen) atoms. The molecule has 1 rings (SSSR count). The van der Waals surface area contributed by atoms with E-state index in [1.165, 1.54) is 0 Å². The first kappa shape index (κ1) is 11.0. The average molecular weight is 187 g/mol. The lowest BCUT2D eigenvalue weighted by Crippen LogP contribution is -2.50. The van der Waals surface area contributed by atoms with E-state index in [-0.39, 0.29) is 17.1 Å². The molecule has 3 nitrogen and oxygen atoms in total. The van der Waals surface area contributed by atoms with E-state index in [0.717, 1.165) is 19.3 Å². The van der Waals surface area contributed by atoms with Gasteiger partial charge in [0.2, 0.25) is 0 Å². The van der Waals surface area contributed by atoms with Crippen LogP contribution >= 0.6 is 0 Å². The minimum Gasteiger partial charge on any atom is -0.393 e. The van der Waals surface area contributed by atoms with Crippen LogP contribution in [0.4, 0.5) is 0 Å². The summed E-state index contributed by atoms with van der Waals surface area (Å²) in [5.41, 5.74) is 5.72. The first-order chi connectivity index (χ1) is 5.93. The second kappa shape index (κ2) is 3.56. The first-order valence-electron chi connectivity index (χ1n) is 4.86. The third-order valence-electron chi connectivity index (χ3n) is 3.12. The summed E-state index contributed by atoms with van der Waals surface area (Å²) in [6.07, 6.45) is 2.45. The van der Waals surface area contributed by atoms with E-state index in [1.54, 1.807) is 7.11 Å². The molecule has 0 aliphatic heterocycles. The van der Waals surface area contributed by atoms with Crippen molar-refractivity contribution in [2.45, 2.75) is 44.8 Å². The van der Waals surface area contributed by atoms with E-state index in [0.29, 0.717) is 6.54 Å². The molecule has 1 fully saturated rings. The Kier molecular flexibility index (Phi) is 3.00. The summed E-state index contributed by atoms with van der Waals surface area (Å²) < 4.78 is 5.37. The summed E-state index contributed by atoms with van der Waals surface area (Å²) in [6, 6.07) is 0. The molecule has 0 aromatic carbocycles. The van der Waals surface area contributed by atoms with Gasteiger partial charge in [0.25, 0.3) is 0 Å². The Bertz CT molecular complexity index is 174. The molecule has 0 radical (unpaired) electrons. The summed E-state index contributed by atoms with van der Waals surface area (Å²) in [4.78, 5) is 0. The van der Waals surface area contributed by atoms with Crippen LogP contribution in [-0.4, -0.2) is 30.5 Å². The Labute approximate surface area is 80.3 Å². The zero-order chi connectivity index (χ0) is 10.1. The van der Waals surface area contributed by atoms with Crippen LogP contribution in [0.1, 0.15) is 33.1 Å². The lowest BCUT2D eigenvalue weighted by molar-refractivity contribution is -0.0884. The standard InChI is InChI=1S/C10H21NO2/c1-9(2,13-3)6-10(7-11)4-8(12)5-10/h8,12H,4-7,11H2,1-3H3. The fourth-order valence-corrected chi connectivity index (χ4v) is 2.30. The van der Waals surface area contributed by atoms with E-state index in [2.05, 4.69) is 13.8 Å². The van der Waals surface area contributed by atoms with Gasteiger partial charge in [-0.3, -0.25) is 0 Å². The smallest absolute Gasteiger partial charge is 0.0628 e. The number of nitrogens with two attached hydrogens (primary N) is 1. The van der Waals surface area contributed by atoms with E-state index in [4.69, 9.17) is 10.5 Å². The summed E-state index contributed by atoms with van der Waals surface area (Å²) in [5.74, 6) is 0. The highest BCUT2D eigenvalue weighted by molar-refractivity contribution is 4.98. The second-order valence-electron chi connectivity index (χ2n) is 4.91. The van der Waals surface area contributed by atoms with Crippen molar-refractivity contribution in [3.05, 3.63) is 0 Å². The number of ether oxygens (including phenoxy) is 1. The summed E-state index contributed by atoms with van der Waals surface area (Å²) in [6.45, 7) is 4.78. The highest BCUT2D eigenvalue weighted by Crippen LogP contribution is 2.46. The van der Waals surface area contributed by atoms with Gasteiger partial charge in [-0.05, 0) is 45.1 Å². The van der Waals surface area contributed by atoms with Crippen LogP contribution in [0.3, 0.4) is 0 Å². The molecule has 0 aromatic rings. The second-order valence-corrected chi connectivity index (χ2v) is 4.91. The Morgan fingerprint density at radius 3 is 2.38 bits per heavy atom. The normalized spacial score (nSPS) is 34.4. The molecule has 0 spiro atoms. The maximum atomic E-state index is 9.29. The molecule has 3 heteroatoms. The molecule has 0 saturated heterocycles. The molecule has 0 unspecified atom stereocenters. The minimum atomic E-state index is -0.142. The monoisotopic (exact) mass is 187 g/mol. The molecule has 0 atom stereocenters. The van der Waals surface area contributed by atoms with Gasteiger partial charge in [-0.2, -0.15) is 0 Å². The predicted molar refractivity (Wildman–Crippen MR) is 52.4 cm³/mol. The van der Waals surface area contributed by atoms with Crippen LogP contribution in [0.25, 0.3) is 0 Å². The topological polar surface area (TPSA) is 55.5 Å². The van der Waals surface area contributed by atoms with Crippen molar-refractivity contribution < 1.29 is 9.84 Å². The van der Waals surface area contributed by atoms with Gasteiger partial charge in [-0.25, -0.2) is 0 Å². The first-order valence-corrected chi connectivity index (χ1v) is 4.86. The highest BCUT2D eigenvalue weighted by atomic mass is 16.5. The van der Waals surface area contributed by atoms with Crippen LogP contribution < -0.4 is 5.73 Å². The molecule has 3 N–H and O–H groups in total. The highest BCUT2D eigenvalue weighted by Gasteiger charge is 2.45. The Balaban J connectivity index is 2.50. The largest absolute Gasteiger partial charge is 0.393 e. The molecular weight excluding hydrogens is 166 g/mol. The molecule has 0 bridgehead atoms.